The van der Waals surface area contributed by atoms with Gasteiger partial charge in [-0.25, -0.2) is 4.79 Å². The Hall–Kier alpha value is -4.64. The fraction of sp³-hybridized carbons (Fsp3) is 0.125. The van der Waals surface area contributed by atoms with Crippen LogP contribution in [0.25, 0.3) is 0 Å². The molecule has 206 valence electrons. The van der Waals surface area contributed by atoms with Crippen molar-refractivity contribution in [3.8, 4) is 29.1 Å². The zero-order valence-corrected chi connectivity index (χ0v) is 23.6. The Balaban J connectivity index is 1.43. The lowest BCUT2D eigenvalue weighted by Gasteiger charge is -2.27. The highest BCUT2D eigenvalue weighted by Gasteiger charge is 2.32. The van der Waals surface area contributed by atoms with E-state index < -0.39 is 11.9 Å². The van der Waals surface area contributed by atoms with Crippen molar-refractivity contribution in [1.29, 1.82) is 5.26 Å². The van der Waals surface area contributed by atoms with Crippen LogP contribution in [0.2, 0.25) is 10.0 Å². The Morgan fingerprint density at radius 2 is 1.78 bits per heavy atom. The van der Waals surface area contributed by atoms with Gasteiger partial charge in [-0.1, -0.05) is 59.1 Å². The molecule has 5 rings (SSSR count). The van der Waals surface area contributed by atoms with Crippen LogP contribution >= 0.6 is 23.2 Å². The van der Waals surface area contributed by atoms with Crippen LogP contribution in [0.4, 0.5) is 0 Å². The second-order valence-corrected chi connectivity index (χ2v) is 10.2. The summed E-state index contributed by atoms with van der Waals surface area (Å²) in [6, 6.07) is 24.8. The van der Waals surface area contributed by atoms with Crippen molar-refractivity contribution < 1.29 is 23.7 Å². The lowest BCUT2D eigenvalue weighted by molar-refractivity contribution is 0.0734. The summed E-state index contributed by atoms with van der Waals surface area (Å²) in [6.45, 7) is 2.14. The molecule has 0 radical (unpaired) electrons. The maximum atomic E-state index is 12.6. The molecule has 0 saturated heterocycles. The molecule has 0 saturated carbocycles. The lowest BCUT2D eigenvalue weighted by atomic mass is 9.83. The molecule has 0 spiro atoms. The predicted octanol–water partition coefficient (Wildman–Crippen LogP) is 7.33. The number of nitrogens with two attached hydrogens (primary N) is 1. The van der Waals surface area contributed by atoms with Crippen molar-refractivity contribution >= 4 is 29.2 Å². The standard InChI is InChI=1S/C32H24Cl2N2O5/c1-18-3-5-19(6-4-18)32(37)40-23-10-11-24-28(15-23)41-31(36)25(16-35)30(24)20-8-12-27(29(13-20)38-2)39-17-21-7-9-22(33)14-26(21)34/h3-15,30H,17,36H2,1-2H3. The molecule has 0 aliphatic carbocycles. The van der Waals surface area contributed by atoms with Crippen LogP contribution in [0.1, 0.15) is 38.5 Å². The molecule has 0 aromatic heterocycles. The molecule has 7 nitrogen and oxygen atoms in total. The first-order chi connectivity index (χ1) is 19.8. The van der Waals surface area contributed by atoms with Gasteiger partial charge in [0.25, 0.3) is 0 Å². The number of carbonyl (C=O) groups excluding carboxylic acids is 1. The van der Waals surface area contributed by atoms with Crippen LogP contribution < -0.4 is 24.7 Å². The number of rotatable bonds is 7. The lowest BCUT2D eigenvalue weighted by Crippen LogP contribution is -2.21. The molecule has 41 heavy (non-hydrogen) atoms. The van der Waals surface area contributed by atoms with E-state index in [1.165, 1.54) is 7.11 Å². The summed E-state index contributed by atoms with van der Waals surface area (Å²) < 4.78 is 23.0. The molecule has 1 atom stereocenters. The molecule has 2 N–H and O–H groups in total. The number of carbonyl (C=O) groups is 1. The number of hydrogen-bond acceptors (Lipinski definition) is 7. The largest absolute Gasteiger partial charge is 0.493 e. The van der Waals surface area contributed by atoms with Crippen LogP contribution in [0.5, 0.6) is 23.0 Å². The first kappa shape index (κ1) is 27.9. The average Bonchev–Trinajstić information content (AvgIpc) is 2.96. The third-order valence-electron chi connectivity index (χ3n) is 6.61. The Kier molecular flexibility index (Phi) is 8.06. The summed E-state index contributed by atoms with van der Waals surface area (Å²) in [5, 5.41) is 11.0. The van der Waals surface area contributed by atoms with Gasteiger partial charge in [-0.2, -0.15) is 5.26 Å². The quantitative estimate of drug-likeness (QED) is 0.178. The fourth-order valence-corrected chi connectivity index (χ4v) is 4.94. The normalized spacial score (nSPS) is 14.0. The number of aryl methyl sites for hydroxylation is 1. The van der Waals surface area contributed by atoms with Gasteiger partial charge in [0.15, 0.2) is 11.5 Å². The van der Waals surface area contributed by atoms with Gasteiger partial charge in [0.1, 0.15) is 29.7 Å². The number of ether oxygens (including phenoxy) is 4. The van der Waals surface area contributed by atoms with Gasteiger partial charge in [-0.15, -0.1) is 0 Å². The molecule has 1 unspecified atom stereocenters. The van der Waals surface area contributed by atoms with E-state index >= 15 is 0 Å². The molecule has 0 fully saturated rings. The molecule has 1 aliphatic heterocycles. The fourth-order valence-electron chi connectivity index (χ4n) is 4.47. The topological polar surface area (TPSA) is 104 Å². The molecule has 1 heterocycles. The number of hydrogen-bond donors (Lipinski definition) is 1. The molecular weight excluding hydrogens is 563 g/mol. The van der Waals surface area contributed by atoms with E-state index in [9.17, 15) is 10.1 Å². The van der Waals surface area contributed by atoms with E-state index in [0.29, 0.717) is 38.4 Å². The SMILES string of the molecule is COc1cc(C2C(C#N)=C(N)Oc3cc(OC(=O)c4ccc(C)cc4)ccc32)ccc1OCc1ccc(Cl)cc1Cl. The molecule has 0 amide bonds. The number of fused-ring (bicyclic) bond motifs is 1. The van der Waals surface area contributed by atoms with Crippen molar-refractivity contribution in [2.75, 3.05) is 7.11 Å². The molecule has 4 aromatic rings. The van der Waals surface area contributed by atoms with Crippen LogP contribution in [-0.4, -0.2) is 13.1 Å². The minimum Gasteiger partial charge on any atom is -0.493 e. The number of methoxy groups -OCH3 is 1. The minimum atomic E-state index is -0.556. The third-order valence-corrected chi connectivity index (χ3v) is 7.19. The summed E-state index contributed by atoms with van der Waals surface area (Å²) in [5.41, 5.74) is 10.0. The maximum Gasteiger partial charge on any atom is 0.343 e. The van der Waals surface area contributed by atoms with Gasteiger partial charge in [-0.05, 0) is 55.0 Å². The van der Waals surface area contributed by atoms with Gasteiger partial charge in [0.05, 0.1) is 18.6 Å². The van der Waals surface area contributed by atoms with E-state index in [0.717, 1.165) is 16.7 Å². The van der Waals surface area contributed by atoms with Crippen LogP contribution in [0, 0.1) is 18.3 Å². The third kappa shape index (κ3) is 5.94. The minimum absolute atomic E-state index is 0.0383. The highest BCUT2D eigenvalue weighted by Crippen LogP contribution is 2.45. The number of nitrogens with zero attached hydrogens (tertiary/aromatic N) is 1. The van der Waals surface area contributed by atoms with Crippen molar-refractivity contribution in [3.05, 3.63) is 128 Å². The summed E-state index contributed by atoms with van der Waals surface area (Å²) in [4.78, 5) is 12.6. The Bertz CT molecular complexity index is 1710. The van der Waals surface area contributed by atoms with E-state index in [1.807, 2.05) is 25.1 Å². The zero-order chi connectivity index (χ0) is 29.1. The Labute approximate surface area is 247 Å². The second kappa shape index (κ2) is 11.8. The first-order valence-electron chi connectivity index (χ1n) is 12.5. The van der Waals surface area contributed by atoms with Crippen LogP contribution in [0.3, 0.4) is 0 Å². The van der Waals surface area contributed by atoms with E-state index in [2.05, 4.69) is 6.07 Å². The second-order valence-electron chi connectivity index (χ2n) is 9.31. The number of nitriles is 1. The van der Waals surface area contributed by atoms with E-state index in [-0.39, 0.29) is 23.8 Å². The van der Waals surface area contributed by atoms with Gasteiger partial charge >= 0.3 is 5.97 Å². The molecule has 9 heteroatoms. The van der Waals surface area contributed by atoms with E-state index in [1.54, 1.807) is 60.7 Å². The van der Waals surface area contributed by atoms with Gasteiger partial charge < -0.3 is 24.7 Å². The van der Waals surface area contributed by atoms with Crippen molar-refractivity contribution in [1.82, 2.24) is 0 Å². The Morgan fingerprint density at radius 3 is 2.49 bits per heavy atom. The monoisotopic (exact) mass is 586 g/mol. The van der Waals surface area contributed by atoms with Crippen LogP contribution in [0.15, 0.2) is 90.3 Å². The van der Waals surface area contributed by atoms with Crippen molar-refractivity contribution in [2.45, 2.75) is 19.4 Å². The highest BCUT2D eigenvalue weighted by molar-refractivity contribution is 6.35. The van der Waals surface area contributed by atoms with Gasteiger partial charge in [0.2, 0.25) is 5.88 Å². The summed E-state index contributed by atoms with van der Waals surface area (Å²) in [7, 11) is 1.53. The number of allylic oxidation sites excluding steroid dienone is 1. The molecule has 0 bridgehead atoms. The highest BCUT2D eigenvalue weighted by atomic mass is 35.5. The first-order valence-corrected chi connectivity index (χ1v) is 13.3. The van der Waals surface area contributed by atoms with Gasteiger partial charge in [-0.3, -0.25) is 0 Å². The number of esters is 1. The van der Waals surface area contributed by atoms with Crippen LogP contribution in [-0.2, 0) is 6.61 Å². The Morgan fingerprint density at radius 1 is 1.00 bits per heavy atom. The summed E-state index contributed by atoms with van der Waals surface area (Å²) in [6.07, 6.45) is 0. The predicted molar refractivity (Wildman–Crippen MR) is 156 cm³/mol. The van der Waals surface area contributed by atoms with Crippen molar-refractivity contribution in [2.24, 2.45) is 5.73 Å². The smallest absolute Gasteiger partial charge is 0.343 e. The molecule has 1 aliphatic rings. The average molecular weight is 587 g/mol. The molecular formula is C32H24Cl2N2O5. The van der Waals surface area contributed by atoms with Crippen molar-refractivity contribution in [3.63, 3.8) is 0 Å². The van der Waals surface area contributed by atoms with Gasteiger partial charge in [0, 0.05) is 27.2 Å². The van der Waals surface area contributed by atoms with E-state index in [4.69, 9.17) is 47.9 Å². The summed E-state index contributed by atoms with van der Waals surface area (Å²) in [5.74, 6) is 0.506. The number of benzene rings is 4. The molecule has 4 aromatic carbocycles. The zero-order valence-electron chi connectivity index (χ0n) is 22.1. The number of halogens is 2. The summed E-state index contributed by atoms with van der Waals surface area (Å²) >= 11 is 12.3. The maximum absolute atomic E-state index is 12.6.